The summed E-state index contributed by atoms with van der Waals surface area (Å²) in [6.07, 6.45) is 0. The maximum atomic E-state index is 6.64. The van der Waals surface area contributed by atoms with Crippen LogP contribution in [0.3, 0.4) is 0 Å². The zero-order valence-electron chi connectivity index (χ0n) is 16.1. The van der Waals surface area contributed by atoms with Crippen LogP contribution >= 0.6 is 16.3 Å². The van der Waals surface area contributed by atoms with E-state index in [4.69, 9.17) is 13.5 Å². The number of hydrogen-bond acceptors (Lipinski definition) is 3. The third-order valence-electron chi connectivity index (χ3n) is 4.60. The SMILES string of the molecule is CC(C)(C)c1ccc(OBr)nc1C([SiH3])(Oc1ccccc1)c1ccccc1. The summed E-state index contributed by atoms with van der Waals surface area (Å²) in [5.74, 6) is 1.34. The van der Waals surface area contributed by atoms with Gasteiger partial charge in [0.05, 0.1) is 15.9 Å². The molecule has 1 atom stereocenters. The predicted octanol–water partition coefficient (Wildman–Crippen LogP) is 4.71. The Hall–Kier alpha value is -2.11. The lowest BCUT2D eigenvalue weighted by molar-refractivity contribution is 0.192. The standard InChI is InChI=1S/C22H24BrNO2Si/c1-21(2,3)18-14-15-19(26-23)24-20(18)22(27,16-10-6-4-7-11-16)25-17-12-8-5-9-13-17/h4-15H,1-3,27H3. The van der Waals surface area contributed by atoms with E-state index in [1.165, 1.54) is 0 Å². The summed E-state index contributed by atoms with van der Waals surface area (Å²) in [4.78, 5) is 4.84. The summed E-state index contributed by atoms with van der Waals surface area (Å²) in [6.45, 7) is 6.58. The fourth-order valence-corrected chi connectivity index (χ4v) is 4.31. The summed E-state index contributed by atoms with van der Waals surface area (Å²) < 4.78 is 11.9. The highest BCUT2D eigenvalue weighted by Crippen LogP contribution is 2.38. The Labute approximate surface area is 172 Å². The molecular weight excluding hydrogens is 418 g/mol. The van der Waals surface area contributed by atoms with Gasteiger partial charge >= 0.3 is 0 Å². The van der Waals surface area contributed by atoms with Gasteiger partial charge in [-0.05, 0) is 28.7 Å². The predicted molar refractivity (Wildman–Crippen MR) is 117 cm³/mol. The van der Waals surface area contributed by atoms with E-state index in [0.717, 1.165) is 22.6 Å². The molecule has 0 saturated carbocycles. The van der Waals surface area contributed by atoms with E-state index in [2.05, 4.69) is 55.2 Å². The number of para-hydroxylation sites is 1. The van der Waals surface area contributed by atoms with Gasteiger partial charge in [-0.2, -0.15) is 0 Å². The molecule has 0 N–H and O–H groups in total. The van der Waals surface area contributed by atoms with E-state index in [1.807, 2.05) is 54.6 Å². The zero-order chi connectivity index (χ0) is 19.5. The highest BCUT2D eigenvalue weighted by molar-refractivity contribution is 9.06. The van der Waals surface area contributed by atoms with Gasteiger partial charge in [-0.15, -0.1) is 0 Å². The first kappa shape index (κ1) is 19.6. The zero-order valence-corrected chi connectivity index (χ0v) is 19.7. The largest absolute Gasteiger partial charge is 0.481 e. The molecule has 0 saturated heterocycles. The second kappa shape index (κ2) is 7.86. The van der Waals surface area contributed by atoms with Crippen molar-refractivity contribution in [1.82, 2.24) is 4.98 Å². The summed E-state index contributed by atoms with van der Waals surface area (Å²) in [6, 6.07) is 24.2. The highest BCUT2D eigenvalue weighted by atomic mass is 79.9. The number of rotatable bonds is 5. The number of benzene rings is 2. The van der Waals surface area contributed by atoms with Crippen molar-refractivity contribution >= 4 is 26.5 Å². The lowest BCUT2D eigenvalue weighted by Crippen LogP contribution is -2.39. The summed E-state index contributed by atoms with van der Waals surface area (Å²) in [7, 11) is 0.706. The number of hydrogen-bond donors (Lipinski definition) is 0. The Morgan fingerprint density at radius 1 is 0.852 bits per heavy atom. The normalized spacial score (nSPS) is 13.8. The van der Waals surface area contributed by atoms with Crippen LogP contribution in [0.4, 0.5) is 0 Å². The first-order valence-electron chi connectivity index (χ1n) is 8.95. The van der Waals surface area contributed by atoms with Crippen molar-refractivity contribution < 1.29 is 8.57 Å². The Morgan fingerprint density at radius 3 is 2.00 bits per heavy atom. The minimum Gasteiger partial charge on any atom is -0.481 e. The average Bonchev–Trinajstić information content (AvgIpc) is 2.68. The molecule has 3 nitrogen and oxygen atoms in total. The molecule has 1 heterocycles. The van der Waals surface area contributed by atoms with Crippen LogP contribution in [0.5, 0.6) is 11.6 Å². The molecule has 0 spiro atoms. The Bertz CT molecular complexity index is 897. The minimum absolute atomic E-state index is 0.0857. The molecule has 3 rings (SSSR count). The van der Waals surface area contributed by atoms with E-state index in [0.29, 0.717) is 16.1 Å². The van der Waals surface area contributed by atoms with Crippen molar-refractivity contribution in [2.45, 2.75) is 31.4 Å². The Morgan fingerprint density at radius 2 is 1.44 bits per heavy atom. The van der Waals surface area contributed by atoms with Crippen molar-refractivity contribution in [2.75, 3.05) is 0 Å². The van der Waals surface area contributed by atoms with E-state index in [-0.39, 0.29) is 5.41 Å². The molecule has 0 radical (unpaired) electrons. The molecule has 0 bridgehead atoms. The minimum atomic E-state index is -0.646. The third-order valence-corrected chi connectivity index (χ3v) is 6.19. The fraction of sp³-hybridized carbons (Fsp3) is 0.227. The molecule has 1 aromatic heterocycles. The van der Waals surface area contributed by atoms with Gasteiger partial charge in [-0.25, -0.2) is 4.98 Å². The van der Waals surface area contributed by atoms with Gasteiger partial charge in [0.25, 0.3) is 0 Å². The topological polar surface area (TPSA) is 31.4 Å². The number of pyridine rings is 1. The highest BCUT2D eigenvalue weighted by Gasteiger charge is 2.37. The van der Waals surface area contributed by atoms with Gasteiger partial charge in [0.15, 0.2) is 21.5 Å². The molecule has 2 aromatic carbocycles. The molecule has 5 heteroatoms. The van der Waals surface area contributed by atoms with Gasteiger partial charge in [0, 0.05) is 6.07 Å². The number of halogens is 1. The first-order valence-corrected chi connectivity index (χ1v) is 10.6. The van der Waals surface area contributed by atoms with Crippen molar-refractivity contribution in [1.29, 1.82) is 0 Å². The quantitative estimate of drug-likeness (QED) is 0.537. The van der Waals surface area contributed by atoms with Gasteiger partial charge in [0.2, 0.25) is 5.88 Å². The van der Waals surface area contributed by atoms with Crippen LogP contribution in [0.1, 0.15) is 37.6 Å². The van der Waals surface area contributed by atoms with Gasteiger partial charge in [0.1, 0.15) is 5.75 Å². The van der Waals surface area contributed by atoms with Crippen molar-refractivity contribution in [3.8, 4) is 11.6 Å². The molecule has 1 unspecified atom stereocenters. The fourth-order valence-electron chi connectivity index (χ4n) is 3.18. The molecule has 0 amide bonds. The van der Waals surface area contributed by atoms with Crippen LogP contribution in [-0.4, -0.2) is 15.2 Å². The van der Waals surface area contributed by atoms with Crippen LogP contribution in [0.15, 0.2) is 72.8 Å². The molecule has 0 fully saturated rings. The van der Waals surface area contributed by atoms with Crippen LogP contribution in [0, 0.1) is 0 Å². The molecular formula is C22H24BrNO2Si. The summed E-state index contributed by atoms with van der Waals surface area (Å²) in [5, 5.41) is -0.646. The number of ether oxygens (including phenoxy) is 1. The molecule has 27 heavy (non-hydrogen) atoms. The smallest absolute Gasteiger partial charge is 0.227 e. The first-order chi connectivity index (χ1) is 12.8. The average molecular weight is 442 g/mol. The maximum absolute atomic E-state index is 6.64. The van der Waals surface area contributed by atoms with Gasteiger partial charge in [-0.1, -0.05) is 75.4 Å². The van der Waals surface area contributed by atoms with Gasteiger partial charge in [-0.3, -0.25) is 0 Å². The lowest BCUT2D eigenvalue weighted by atomic mass is 9.83. The van der Waals surface area contributed by atoms with E-state index < -0.39 is 5.22 Å². The van der Waals surface area contributed by atoms with E-state index in [9.17, 15) is 0 Å². The van der Waals surface area contributed by atoms with E-state index >= 15 is 0 Å². The summed E-state index contributed by atoms with van der Waals surface area (Å²) in [5.41, 5.74) is 3.04. The van der Waals surface area contributed by atoms with E-state index in [1.54, 1.807) is 0 Å². The van der Waals surface area contributed by atoms with Crippen LogP contribution in [0.25, 0.3) is 0 Å². The maximum Gasteiger partial charge on any atom is 0.227 e. The molecule has 0 aliphatic heterocycles. The molecule has 0 aliphatic carbocycles. The second-order valence-electron chi connectivity index (χ2n) is 7.69. The third kappa shape index (κ3) is 4.25. The Kier molecular flexibility index (Phi) is 5.72. The number of aromatic nitrogens is 1. The van der Waals surface area contributed by atoms with Crippen LogP contribution in [0.2, 0.25) is 0 Å². The van der Waals surface area contributed by atoms with Crippen molar-refractivity contribution in [3.05, 3.63) is 89.6 Å². The van der Waals surface area contributed by atoms with Crippen LogP contribution < -0.4 is 8.57 Å². The number of nitrogens with zero attached hydrogens (tertiary/aromatic N) is 1. The summed E-state index contributed by atoms with van der Waals surface area (Å²) >= 11 is 3.06. The lowest BCUT2D eigenvalue weighted by Gasteiger charge is -2.35. The second-order valence-corrected chi connectivity index (χ2v) is 9.42. The molecule has 140 valence electrons. The van der Waals surface area contributed by atoms with Crippen LogP contribution in [-0.2, 0) is 10.6 Å². The van der Waals surface area contributed by atoms with Crippen molar-refractivity contribution in [3.63, 3.8) is 0 Å². The molecule has 0 aliphatic rings. The van der Waals surface area contributed by atoms with Crippen molar-refractivity contribution in [2.24, 2.45) is 0 Å². The Balaban J connectivity index is 2.25. The molecule has 3 aromatic rings. The van der Waals surface area contributed by atoms with Gasteiger partial charge < -0.3 is 8.57 Å². The monoisotopic (exact) mass is 441 g/mol.